The van der Waals surface area contributed by atoms with E-state index >= 15 is 0 Å². The van der Waals surface area contributed by atoms with Crippen molar-refractivity contribution in [1.29, 1.82) is 0 Å². The first-order valence-electron chi connectivity index (χ1n) is 10.2. The Balaban J connectivity index is 1.55. The number of pyridine rings is 2. The van der Waals surface area contributed by atoms with E-state index < -0.39 is 0 Å². The number of anilines is 1. The third-order valence-corrected chi connectivity index (χ3v) is 5.79. The van der Waals surface area contributed by atoms with Gasteiger partial charge in [0.05, 0.1) is 11.7 Å². The zero-order valence-corrected chi connectivity index (χ0v) is 17.0. The van der Waals surface area contributed by atoms with Crippen molar-refractivity contribution in [3.8, 4) is 0 Å². The van der Waals surface area contributed by atoms with Crippen LogP contribution in [0.5, 0.6) is 0 Å². The molecule has 2 saturated heterocycles. The highest BCUT2D eigenvalue weighted by Gasteiger charge is 2.32. The Kier molecular flexibility index (Phi) is 5.47. The molecule has 0 N–H and O–H groups in total. The molecule has 1 unspecified atom stereocenters. The van der Waals surface area contributed by atoms with E-state index in [-0.39, 0.29) is 17.9 Å². The van der Waals surface area contributed by atoms with Gasteiger partial charge in [-0.05, 0) is 44.0 Å². The van der Waals surface area contributed by atoms with Gasteiger partial charge in [-0.1, -0.05) is 6.07 Å². The Morgan fingerprint density at radius 3 is 2.55 bits per heavy atom. The lowest BCUT2D eigenvalue weighted by Crippen LogP contribution is -2.48. The van der Waals surface area contributed by atoms with Crippen LogP contribution in [0, 0.1) is 6.92 Å². The fraction of sp³-hybridized carbons (Fsp3) is 0.455. The van der Waals surface area contributed by atoms with Crippen molar-refractivity contribution in [3.63, 3.8) is 0 Å². The summed E-state index contributed by atoms with van der Waals surface area (Å²) < 4.78 is 0. The Labute approximate surface area is 171 Å². The normalized spacial score (nSPS) is 19.5. The second kappa shape index (κ2) is 8.19. The van der Waals surface area contributed by atoms with Crippen LogP contribution in [0.4, 0.5) is 5.69 Å². The molecule has 0 radical (unpaired) electrons. The van der Waals surface area contributed by atoms with Crippen LogP contribution in [-0.2, 0) is 4.79 Å². The first-order valence-corrected chi connectivity index (χ1v) is 10.2. The van der Waals surface area contributed by atoms with Gasteiger partial charge in [-0.15, -0.1) is 0 Å². The van der Waals surface area contributed by atoms with Gasteiger partial charge in [-0.2, -0.15) is 0 Å². The molecule has 0 aliphatic carbocycles. The monoisotopic (exact) mass is 393 g/mol. The van der Waals surface area contributed by atoms with Crippen LogP contribution in [0.25, 0.3) is 0 Å². The predicted octanol–water partition coefficient (Wildman–Crippen LogP) is 2.43. The van der Waals surface area contributed by atoms with Crippen LogP contribution in [0.15, 0.2) is 36.5 Å². The molecule has 2 aromatic rings. The van der Waals surface area contributed by atoms with E-state index in [9.17, 15) is 9.59 Å². The van der Waals surface area contributed by atoms with E-state index in [0.717, 1.165) is 62.6 Å². The van der Waals surface area contributed by atoms with Gasteiger partial charge in [0.2, 0.25) is 5.91 Å². The van der Waals surface area contributed by atoms with Gasteiger partial charge in [0, 0.05) is 57.2 Å². The Hall–Kier alpha value is -2.96. The summed E-state index contributed by atoms with van der Waals surface area (Å²) in [6.45, 7) is 7.44. The van der Waals surface area contributed by atoms with Crippen molar-refractivity contribution < 1.29 is 9.59 Å². The Morgan fingerprint density at radius 2 is 1.86 bits per heavy atom. The van der Waals surface area contributed by atoms with Gasteiger partial charge in [-0.25, -0.2) is 0 Å². The average molecular weight is 393 g/mol. The van der Waals surface area contributed by atoms with Crippen LogP contribution >= 0.6 is 0 Å². The van der Waals surface area contributed by atoms with Gasteiger partial charge in [0.1, 0.15) is 5.69 Å². The third-order valence-electron chi connectivity index (χ3n) is 5.79. The first-order chi connectivity index (χ1) is 14.0. The van der Waals surface area contributed by atoms with Gasteiger partial charge in [0.25, 0.3) is 5.91 Å². The van der Waals surface area contributed by atoms with Gasteiger partial charge >= 0.3 is 0 Å². The fourth-order valence-corrected chi connectivity index (χ4v) is 4.26. The highest BCUT2D eigenvalue weighted by molar-refractivity contribution is 5.92. The summed E-state index contributed by atoms with van der Waals surface area (Å²) in [5.41, 5.74) is 3.49. The summed E-state index contributed by atoms with van der Waals surface area (Å²) in [4.78, 5) is 39.7. The molecular weight excluding hydrogens is 366 g/mol. The molecule has 29 heavy (non-hydrogen) atoms. The summed E-state index contributed by atoms with van der Waals surface area (Å²) in [7, 11) is 0. The van der Waals surface area contributed by atoms with E-state index in [1.807, 2.05) is 28.9 Å². The molecule has 4 heterocycles. The average Bonchev–Trinajstić information content (AvgIpc) is 3.23. The first kappa shape index (κ1) is 19.4. The number of aromatic nitrogens is 2. The summed E-state index contributed by atoms with van der Waals surface area (Å²) in [5, 5.41) is 0. The summed E-state index contributed by atoms with van der Waals surface area (Å²) >= 11 is 0. The molecule has 1 atom stereocenters. The van der Waals surface area contributed by atoms with Crippen LogP contribution in [0.3, 0.4) is 0 Å². The minimum Gasteiger partial charge on any atom is -0.368 e. The van der Waals surface area contributed by atoms with Crippen molar-refractivity contribution in [1.82, 2.24) is 19.8 Å². The second-order valence-electron chi connectivity index (χ2n) is 7.76. The van der Waals surface area contributed by atoms with Crippen molar-refractivity contribution in [2.45, 2.75) is 32.7 Å². The van der Waals surface area contributed by atoms with Crippen molar-refractivity contribution >= 4 is 17.5 Å². The molecule has 0 spiro atoms. The molecule has 4 rings (SSSR count). The lowest BCUT2D eigenvalue weighted by molar-refractivity contribution is -0.129. The summed E-state index contributed by atoms with van der Waals surface area (Å²) in [6, 6.07) is 9.61. The van der Waals surface area contributed by atoms with Crippen LogP contribution < -0.4 is 4.90 Å². The number of hydrogen-bond donors (Lipinski definition) is 0. The topological polar surface area (TPSA) is 69.6 Å². The second-order valence-corrected chi connectivity index (χ2v) is 7.76. The molecule has 0 saturated carbocycles. The smallest absolute Gasteiger partial charge is 0.273 e. The summed E-state index contributed by atoms with van der Waals surface area (Å²) in [5.74, 6) is 0.0962. The number of piperazine rings is 1. The zero-order valence-electron chi connectivity index (χ0n) is 17.0. The van der Waals surface area contributed by atoms with E-state index in [1.165, 1.54) is 0 Å². The molecule has 2 amide bonds. The quantitative estimate of drug-likeness (QED) is 0.801. The number of likely N-dealkylation sites (tertiary alicyclic amines) is 1. The molecule has 7 nitrogen and oxygen atoms in total. The van der Waals surface area contributed by atoms with Crippen molar-refractivity contribution in [3.05, 3.63) is 53.6 Å². The molecule has 2 aliphatic rings. The molecule has 2 fully saturated rings. The van der Waals surface area contributed by atoms with Crippen LogP contribution in [0.1, 0.15) is 47.7 Å². The number of rotatable bonds is 3. The van der Waals surface area contributed by atoms with E-state index in [0.29, 0.717) is 5.69 Å². The van der Waals surface area contributed by atoms with Gasteiger partial charge < -0.3 is 14.7 Å². The van der Waals surface area contributed by atoms with Crippen LogP contribution in [0.2, 0.25) is 0 Å². The zero-order chi connectivity index (χ0) is 20.4. The number of aryl methyl sites for hydroxylation is 1. The SMILES string of the molecule is CC(=O)N1CCN(c2cc(C)nc(C3CCCN3C(=O)c3ccccn3)c2)CC1. The maximum atomic E-state index is 13.0. The highest BCUT2D eigenvalue weighted by atomic mass is 16.2. The summed E-state index contributed by atoms with van der Waals surface area (Å²) in [6.07, 6.45) is 3.53. The number of carbonyl (C=O) groups excluding carboxylic acids is 2. The van der Waals surface area contributed by atoms with E-state index in [1.54, 1.807) is 19.2 Å². The minimum atomic E-state index is -0.0342. The van der Waals surface area contributed by atoms with Gasteiger partial charge in [-0.3, -0.25) is 19.6 Å². The lowest BCUT2D eigenvalue weighted by Gasteiger charge is -2.36. The van der Waals surface area contributed by atoms with E-state index in [2.05, 4.69) is 22.0 Å². The predicted molar refractivity (Wildman–Crippen MR) is 111 cm³/mol. The minimum absolute atomic E-state index is 0.0262. The lowest BCUT2D eigenvalue weighted by atomic mass is 10.1. The van der Waals surface area contributed by atoms with Gasteiger partial charge in [0.15, 0.2) is 0 Å². The van der Waals surface area contributed by atoms with E-state index in [4.69, 9.17) is 4.98 Å². The fourth-order valence-electron chi connectivity index (χ4n) is 4.26. The molecule has 0 aromatic carbocycles. The number of carbonyl (C=O) groups is 2. The third kappa shape index (κ3) is 4.09. The Bertz CT molecular complexity index is 893. The molecule has 7 heteroatoms. The molecule has 152 valence electrons. The standard InChI is InChI=1S/C22H27N5O2/c1-16-14-18(26-12-10-25(11-13-26)17(2)28)15-20(24-16)21-7-5-9-27(21)22(29)19-6-3-4-8-23-19/h3-4,6,8,14-15,21H,5,7,9-13H2,1-2H3. The van der Waals surface area contributed by atoms with Crippen molar-refractivity contribution in [2.75, 3.05) is 37.6 Å². The van der Waals surface area contributed by atoms with Crippen LogP contribution in [-0.4, -0.2) is 64.3 Å². The Morgan fingerprint density at radius 1 is 1.07 bits per heavy atom. The maximum absolute atomic E-state index is 13.0. The molecule has 0 bridgehead atoms. The molecule has 2 aromatic heterocycles. The number of hydrogen-bond acceptors (Lipinski definition) is 5. The largest absolute Gasteiger partial charge is 0.368 e. The molecule has 2 aliphatic heterocycles. The number of nitrogens with zero attached hydrogens (tertiary/aromatic N) is 5. The van der Waals surface area contributed by atoms with Crippen molar-refractivity contribution in [2.24, 2.45) is 0 Å². The molecular formula is C22H27N5O2. The maximum Gasteiger partial charge on any atom is 0.273 e. The number of amides is 2. The highest BCUT2D eigenvalue weighted by Crippen LogP contribution is 2.34.